The third-order valence-electron chi connectivity index (χ3n) is 2.66. The molecule has 19 heavy (non-hydrogen) atoms. The Morgan fingerprint density at radius 3 is 2.42 bits per heavy atom. The topological polar surface area (TPSA) is 55.0 Å². The SMILES string of the molecule is CSc1nc(N)cc(-c2ccc(CN(C)C)cc2)n1. The average molecular weight is 274 g/mol. The molecule has 1 aromatic heterocycles. The zero-order valence-corrected chi connectivity index (χ0v) is 12.2. The van der Waals surface area contributed by atoms with Crippen LogP contribution in [0.4, 0.5) is 5.82 Å². The van der Waals surface area contributed by atoms with Crippen molar-refractivity contribution in [3.8, 4) is 11.3 Å². The fourth-order valence-electron chi connectivity index (χ4n) is 1.83. The predicted molar refractivity (Wildman–Crippen MR) is 81.1 cm³/mol. The quantitative estimate of drug-likeness (QED) is 0.686. The highest BCUT2D eigenvalue weighted by atomic mass is 32.2. The molecular weight excluding hydrogens is 256 g/mol. The first-order valence-electron chi connectivity index (χ1n) is 6.01. The van der Waals surface area contributed by atoms with Gasteiger partial charge in [0.25, 0.3) is 0 Å². The third-order valence-corrected chi connectivity index (χ3v) is 3.20. The van der Waals surface area contributed by atoms with Crippen LogP contribution in [0.25, 0.3) is 11.3 Å². The van der Waals surface area contributed by atoms with E-state index in [2.05, 4.69) is 53.2 Å². The van der Waals surface area contributed by atoms with Gasteiger partial charge in [0.1, 0.15) is 5.82 Å². The van der Waals surface area contributed by atoms with Crippen LogP contribution in [0, 0.1) is 0 Å². The smallest absolute Gasteiger partial charge is 0.189 e. The van der Waals surface area contributed by atoms with Crippen LogP contribution in [-0.4, -0.2) is 35.2 Å². The van der Waals surface area contributed by atoms with E-state index in [1.165, 1.54) is 17.3 Å². The van der Waals surface area contributed by atoms with E-state index in [0.717, 1.165) is 17.8 Å². The van der Waals surface area contributed by atoms with Crippen molar-refractivity contribution in [2.45, 2.75) is 11.7 Å². The van der Waals surface area contributed by atoms with Crippen LogP contribution in [0.2, 0.25) is 0 Å². The Balaban J connectivity index is 2.29. The summed E-state index contributed by atoms with van der Waals surface area (Å²) in [6.45, 7) is 0.933. The molecule has 2 N–H and O–H groups in total. The van der Waals surface area contributed by atoms with Crippen molar-refractivity contribution in [2.24, 2.45) is 0 Å². The lowest BCUT2D eigenvalue weighted by Gasteiger charge is -2.10. The molecule has 1 heterocycles. The Kier molecular flexibility index (Phi) is 4.39. The highest BCUT2D eigenvalue weighted by molar-refractivity contribution is 7.98. The number of anilines is 1. The maximum atomic E-state index is 5.80. The lowest BCUT2D eigenvalue weighted by Crippen LogP contribution is -2.10. The van der Waals surface area contributed by atoms with E-state index in [0.29, 0.717) is 11.0 Å². The minimum absolute atomic E-state index is 0.506. The summed E-state index contributed by atoms with van der Waals surface area (Å²) >= 11 is 1.49. The number of benzene rings is 1. The van der Waals surface area contributed by atoms with Gasteiger partial charge in [-0.25, -0.2) is 9.97 Å². The van der Waals surface area contributed by atoms with E-state index in [1.54, 1.807) is 6.07 Å². The molecule has 2 rings (SSSR count). The molecule has 0 atom stereocenters. The summed E-state index contributed by atoms with van der Waals surface area (Å²) in [6, 6.07) is 10.2. The van der Waals surface area contributed by atoms with Crippen LogP contribution in [0.1, 0.15) is 5.56 Å². The van der Waals surface area contributed by atoms with Crippen LogP contribution in [0.5, 0.6) is 0 Å². The van der Waals surface area contributed by atoms with Gasteiger partial charge in [-0.15, -0.1) is 0 Å². The number of aromatic nitrogens is 2. The summed E-state index contributed by atoms with van der Waals surface area (Å²) in [7, 11) is 4.12. The van der Waals surface area contributed by atoms with Gasteiger partial charge < -0.3 is 10.6 Å². The minimum Gasteiger partial charge on any atom is -0.384 e. The van der Waals surface area contributed by atoms with Crippen LogP contribution < -0.4 is 5.73 Å². The number of hydrogen-bond donors (Lipinski definition) is 1. The number of rotatable bonds is 4. The van der Waals surface area contributed by atoms with E-state index in [9.17, 15) is 0 Å². The summed E-state index contributed by atoms with van der Waals surface area (Å²) < 4.78 is 0. The van der Waals surface area contributed by atoms with Crippen LogP contribution in [0.3, 0.4) is 0 Å². The van der Waals surface area contributed by atoms with Gasteiger partial charge in [0.05, 0.1) is 5.69 Å². The second-order valence-corrected chi connectivity index (χ2v) is 5.37. The normalized spacial score (nSPS) is 10.9. The fraction of sp³-hybridized carbons (Fsp3) is 0.286. The molecule has 0 unspecified atom stereocenters. The molecule has 2 aromatic rings. The predicted octanol–water partition coefficient (Wildman–Crippen LogP) is 2.51. The van der Waals surface area contributed by atoms with E-state index in [4.69, 9.17) is 5.73 Å². The Morgan fingerprint density at radius 2 is 1.84 bits per heavy atom. The summed E-state index contributed by atoms with van der Waals surface area (Å²) in [6.07, 6.45) is 1.94. The van der Waals surface area contributed by atoms with Gasteiger partial charge in [-0.3, -0.25) is 0 Å². The monoisotopic (exact) mass is 274 g/mol. The number of thioether (sulfide) groups is 1. The molecule has 0 saturated carbocycles. The van der Waals surface area contributed by atoms with Crippen molar-refractivity contribution in [3.63, 3.8) is 0 Å². The molecule has 1 aromatic carbocycles. The Hall–Kier alpha value is -1.59. The summed E-state index contributed by atoms with van der Waals surface area (Å²) in [5.41, 5.74) is 9.01. The van der Waals surface area contributed by atoms with E-state index >= 15 is 0 Å². The minimum atomic E-state index is 0.506. The van der Waals surface area contributed by atoms with E-state index in [-0.39, 0.29) is 0 Å². The standard InChI is InChI=1S/C14H18N4S/c1-18(2)9-10-4-6-11(7-5-10)12-8-13(15)17-14(16-12)19-3/h4-8H,9H2,1-3H3,(H2,15,16,17). The van der Waals surface area contributed by atoms with Crippen molar-refractivity contribution in [3.05, 3.63) is 35.9 Å². The van der Waals surface area contributed by atoms with Crippen LogP contribution >= 0.6 is 11.8 Å². The molecule has 0 fully saturated rings. The summed E-state index contributed by atoms with van der Waals surface area (Å²) in [4.78, 5) is 10.8. The van der Waals surface area contributed by atoms with Crippen molar-refractivity contribution in [2.75, 3.05) is 26.1 Å². The van der Waals surface area contributed by atoms with E-state index < -0.39 is 0 Å². The molecule has 0 bridgehead atoms. The zero-order valence-electron chi connectivity index (χ0n) is 11.4. The first kappa shape index (κ1) is 13.8. The number of nitrogens with zero attached hydrogens (tertiary/aromatic N) is 3. The van der Waals surface area contributed by atoms with Gasteiger partial charge in [0.2, 0.25) is 0 Å². The van der Waals surface area contributed by atoms with Gasteiger partial charge in [-0.2, -0.15) is 0 Å². The van der Waals surface area contributed by atoms with Gasteiger partial charge in [0, 0.05) is 18.2 Å². The molecule has 4 nitrogen and oxygen atoms in total. The molecule has 0 aliphatic heterocycles. The van der Waals surface area contributed by atoms with Gasteiger partial charge in [-0.05, 0) is 25.9 Å². The third kappa shape index (κ3) is 3.68. The second kappa shape index (κ2) is 6.04. The molecule has 0 aliphatic rings. The van der Waals surface area contributed by atoms with Gasteiger partial charge in [0.15, 0.2) is 5.16 Å². The van der Waals surface area contributed by atoms with Crippen LogP contribution in [0.15, 0.2) is 35.5 Å². The average Bonchev–Trinajstić information content (AvgIpc) is 2.38. The lowest BCUT2D eigenvalue weighted by molar-refractivity contribution is 0.402. The van der Waals surface area contributed by atoms with E-state index in [1.807, 2.05) is 6.26 Å². The van der Waals surface area contributed by atoms with Crippen molar-refractivity contribution < 1.29 is 0 Å². The molecule has 0 saturated heterocycles. The highest BCUT2D eigenvalue weighted by Gasteiger charge is 2.05. The van der Waals surface area contributed by atoms with Crippen molar-refractivity contribution in [1.29, 1.82) is 0 Å². The highest BCUT2D eigenvalue weighted by Crippen LogP contribution is 2.22. The molecule has 100 valence electrons. The first-order chi connectivity index (χ1) is 9.08. The number of nitrogens with two attached hydrogens (primary N) is 1. The molecular formula is C14H18N4S. The molecule has 0 spiro atoms. The second-order valence-electron chi connectivity index (χ2n) is 4.60. The molecule has 0 radical (unpaired) electrons. The maximum absolute atomic E-state index is 5.80. The lowest BCUT2D eigenvalue weighted by atomic mass is 10.1. The maximum Gasteiger partial charge on any atom is 0.189 e. The van der Waals surface area contributed by atoms with Crippen molar-refractivity contribution in [1.82, 2.24) is 14.9 Å². The first-order valence-corrected chi connectivity index (χ1v) is 7.23. The molecule has 5 heteroatoms. The van der Waals surface area contributed by atoms with Crippen molar-refractivity contribution >= 4 is 17.6 Å². The summed E-state index contributed by atoms with van der Waals surface area (Å²) in [5.74, 6) is 0.506. The van der Waals surface area contributed by atoms with Gasteiger partial charge >= 0.3 is 0 Å². The Labute approximate surface area is 118 Å². The fourth-order valence-corrected chi connectivity index (χ4v) is 2.21. The van der Waals surface area contributed by atoms with Crippen LogP contribution in [-0.2, 0) is 6.54 Å². The molecule has 0 aliphatic carbocycles. The zero-order chi connectivity index (χ0) is 13.8. The Bertz CT molecular complexity index is 552. The summed E-state index contributed by atoms with van der Waals surface area (Å²) in [5, 5.41) is 0.701. The largest absolute Gasteiger partial charge is 0.384 e. The Morgan fingerprint density at radius 1 is 1.16 bits per heavy atom. The number of hydrogen-bond acceptors (Lipinski definition) is 5. The van der Waals surface area contributed by atoms with Gasteiger partial charge in [-0.1, -0.05) is 36.0 Å². The molecule has 0 amide bonds. The number of nitrogen functional groups attached to an aromatic ring is 1.